The van der Waals surface area contributed by atoms with Gasteiger partial charge in [-0.15, -0.1) is 0 Å². The lowest BCUT2D eigenvalue weighted by molar-refractivity contribution is 0.353. The number of anilines is 1. The lowest BCUT2D eigenvalue weighted by atomic mass is 10.0. The predicted octanol–water partition coefficient (Wildman–Crippen LogP) is 2.67. The molecule has 1 aliphatic rings. The summed E-state index contributed by atoms with van der Waals surface area (Å²) in [6.07, 6.45) is 0. The molecule has 1 fully saturated rings. The maximum Gasteiger partial charge on any atom is 0.126 e. The first-order chi connectivity index (χ1) is 7.46. The molecule has 2 rings (SSSR count). The van der Waals surface area contributed by atoms with Gasteiger partial charge in [0.05, 0.1) is 0 Å². The van der Waals surface area contributed by atoms with Gasteiger partial charge in [-0.25, -0.2) is 4.39 Å². The molecule has 0 aromatic heterocycles. The van der Waals surface area contributed by atoms with Crippen LogP contribution in [-0.4, -0.2) is 25.2 Å². The number of nitrogens with zero attached hydrogens (tertiary/aromatic N) is 1. The Hall–Kier alpha value is -0.800. The molecular formula is C12H16ClFN2. The smallest absolute Gasteiger partial charge is 0.126 e. The minimum Gasteiger partial charge on any atom is -0.368 e. The highest BCUT2D eigenvalue weighted by Gasteiger charge is 2.26. The minimum absolute atomic E-state index is 0.0526. The number of nitrogens with one attached hydrogen (secondary N) is 1. The number of halogens is 2. The van der Waals surface area contributed by atoms with Crippen molar-refractivity contribution in [1.82, 2.24) is 5.32 Å². The van der Waals surface area contributed by atoms with Crippen molar-refractivity contribution in [1.29, 1.82) is 0 Å². The second-order valence-corrected chi connectivity index (χ2v) is 5.30. The van der Waals surface area contributed by atoms with Crippen LogP contribution >= 0.6 is 11.6 Å². The highest BCUT2D eigenvalue weighted by molar-refractivity contribution is 6.30. The summed E-state index contributed by atoms with van der Waals surface area (Å²) in [4.78, 5) is 2.16. The zero-order valence-corrected chi connectivity index (χ0v) is 10.3. The van der Waals surface area contributed by atoms with Crippen LogP contribution in [0, 0.1) is 5.82 Å². The molecule has 1 aromatic rings. The molecule has 1 N–H and O–H groups in total. The van der Waals surface area contributed by atoms with Gasteiger partial charge in [0.1, 0.15) is 5.82 Å². The van der Waals surface area contributed by atoms with Crippen LogP contribution in [0.4, 0.5) is 10.1 Å². The number of hydrogen-bond donors (Lipinski definition) is 1. The van der Waals surface area contributed by atoms with E-state index < -0.39 is 0 Å². The van der Waals surface area contributed by atoms with Crippen molar-refractivity contribution in [3.05, 3.63) is 29.0 Å². The van der Waals surface area contributed by atoms with Gasteiger partial charge in [-0.1, -0.05) is 11.6 Å². The summed E-state index contributed by atoms with van der Waals surface area (Å²) in [5, 5.41) is 3.87. The quantitative estimate of drug-likeness (QED) is 0.815. The monoisotopic (exact) mass is 242 g/mol. The Morgan fingerprint density at radius 2 is 2.12 bits per heavy atom. The van der Waals surface area contributed by atoms with E-state index in [0.717, 1.165) is 25.3 Å². The summed E-state index contributed by atoms with van der Waals surface area (Å²) in [7, 11) is 0. The molecule has 0 bridgehead atoms. The van der Waals surface area contributed by atoms with Gasteiger partial charge in [0, 0.05) is 35.9 Å². The fraction of sp³-hybridized carbons (Fsp3) is 0.500. The van der Waals surface area contributed by atoms with Gasteiger partial charge in [0.2, 0.25) is 0 Å². The van der Waals surface area contributed by atoms with Crippen LogP contribution in [0.25, 0.3) is 0 Å². The van der Waals surface area contributed by atoms with E-state index in [0.29, 0.717) is 5.02 Å². The average molecular weight is 243 g/mol. The number of benzene rings is 1. The van der Waals surface area contributed by atoms with E-state index in [2.05, 4.69) is 24.1 Å². The second-order valence-electron chi connectivity index (χ2n) is 4.86. The van der Waals surface area contributed by atoms with Crippen LogP contribution in [-0.2, 0) is 0 Å². The SMILES string of the molecule is CC1(C)CN(c2cc(F)cc(Cl)c2)CCN1. The van der Waals surface area contributed by atoms with E-state index >= 15 is 0 Å². The molecule has 1 saturated heterocycles. The molecule has 16 heavy (non-hydrogen) atoms. The molecule has 0 atom stereocenters. The maximum absolute atomic E-state index is 13.2. The Bertz CT molecular complexity index is 372. The molecule has 0 unspecified atom stereocenters. The van der Waals surface area contributed by atoms with Crippen molar-refractivity contribution >= 4 is 17.3 Å². The van der Waals surface area contributed by atoms with Crippen LogP contribution < -0.4 is 10.2 Å². The third-order valence-electron chi connectivity index (χ3n) is 2.78. The average Bonchev–Trinajstić information content (AvgIpc) is 2.14. The molecule has 2 nitrogen and oxygen atoms in total. The Morgan fingerprint density at radius 1 is 1.38 bits per heavy atom. The summed E-state index contributed by atoms with van der Waals surface area (Å²) in [5.74, 6) is -0.279. The summed E-state index contributed by atoms with van der Waals surface area (Å²) < 4.78 is 13.2. The van der Waals surface area contributed by atoms with Crippen molar-refractivity contribution in [2.75, 3.05) is 24.5 Å². The van der Waals surface area contributed by atoms with E-state index in [1.807, 2.05) is 6.07 Å². The summed E-state index contributed by atoms with van der Waals surface area (Å²) >= 11 is 5.86. The maximum atomic E-state index is 13.2. The van der Waals surface area contributed by atoms with Gasteiger partial charge in [-0.3, -0.25) is 0 Å². The van der Waals surface area contributed by atoms with E-state index in [1.165, 1.54) is 12.1 Å². The van der Waals surface area contributed by atoms with Crippen LogP contribution in [0.15, 0.2) is 18.2 Å². The van der Waals surface area contributed by atoms with E-state index in [1.54, 1.807) is 0 Å². The van der Waals surface area contributed by atoms with Crippen LogP contribution in [0.1, 0.15) is 13.8 Å². The molecule has 0 spiro atoms. The largest absolute Gasteiger partial charge is 0.368 e. The van der Waals surface area contributed by atoms with Crippen molar-refractivity contribution in [2.24, 2.45) is 0 Å². The third kappa shape index (κ3) is 2.66. The lowest BCUT2D eigenvalue weighted by Crippen LogP contribution is -2.57. The molecule has 0 saturated carbocycles. The number of rotatable bonds is 1. The molecule has 4 heteroatoms. The van der Waals surface area contributed by atoms with Crippen molar-refractivity contribution < 1.29 is 4.39 Å². The Kier molecular flexibility index (Phi) is 3.08. The first kappa shape index (κ1) is 11.7. The fourth-order valence-corrected chi connectivity index (χ4v) is 2.30. The molecule has 1 aromatic carbocycles. The van der Waals surface area contributed by atoms with Gasteiger partial charge in [-0.05, 0) is 32.0 Å². The Morgan fingerprint density at radius 3 is 2.75 bits per heavy atom. The van der Waals surface area contributed by atoms with Gasteiger partial charge >= 0.3 is 0 Å². The summed E-state index contributed by atoms with van der Waals surface area (Å²) in [6.45, 7) is 6.91. The standard InChI is InChI=1S/C12H16ClFN2/c1-12(2)8-16(4-3-15-12)11-6-9(13)5-10(14)7-11/h5-7,15H,3-4,8H2,1-2H3. The van der Waals surface area contributed by atoms with Crippen molar-refractivity contribution in [2.45, 2.75) is 19.4 Å². The molecule has 0 aliphatic carbocycles. The predicted molar refractivity (Wildman–Crippen MR) is 65.7 cm³/mol. The molecule has 1 heterocycles. The molecule has 0 radical (unpaired) electrons. The third-order valence-corrected chi connectivity index (χ3v) is 3.00. The van der Waals surface area contributed by atoms with Gasteiger partial charge in [0.15, 0.2) is 0 Å². The van der Waals surface area contributed by atoms with E-state index in [4.69, 9.17) is 11.6 Å². The zero-order valence-electron chi connectivity index (χ0n) is 9.56. The number of hydrogen-bond acceptors (Lipinski definition) is 2. The molecule has 88 valence electrons. The van der Waals surface area contributed by atoms with Crippen LogP contribution in [0.5, 0.6) is 0 Å². The number of piperazine rings is 1. The molecular weight excluding hydrogens is 227 g/mol. The van der Waals surface area contributed by atoms with Gasteiger partial charge < -0.3 is 10.2 Å². The first-order valence-corrected chi connectivity index (χ1v) is 5.80. The highest BCUT2D eigenvalue weighted by Crippen LogP contribution is 2.24. The molecule has 1 aliphatic heterocycles. The highest BCUT2D eigenvalue weighted by atomic mass is 35.5. The van der Waals surface area contributed by atoms with E-state index in [-0.39, 0.29) is 11.4 Å². The van der Waals surface area contributed by atoms with Gasteiger partial charge in [0.25, 0.3) is 0 Å². The van der Waals surface area contributed by atoms with Crippen molar-refractivity contribution in [3.63, 3.8) is 0 Å². The Labute approximate surface area is 100 Å². The lowest BCUT2D eigenvalue weighted by Gasteiger charge is -2.40. The minimum atomic E-state index is -0.279. The first-order valence-electron chi connectivity index (χ1n) is 5.42. The topological polar surface area (TPSA) is 15.3 Å². The van der Waals surface area contributed by atoms with Gasteiger partial charge in [-0.2, -0.15) is 0 Å². The van der Waals surface area contributed by atoms with Crippen LogP contribution in [0.2, 0.25) is 5.02 Å². The van der Waals surface area contributed by atoms with E-state index in [9.17, 15) is 4.39 Å². The second kappa shape index (κ2) is 4.22. The van der Waals surface area contributed by atoms with Crippen LogP contribution in [0.3, 0.4) is 0 Å². The fourth-order valence-electron chi connectivity index (χ4n) is 2.08. The zero-order chi connectivity index (χ0) is 11.8. The normalized spacial score (nSPS) is 19.9. The summed E-state index contributed by atoms with van der Waals surface area (Å²) in [6, 6.07) is 4.68. The van der Waals surface area contributed by atoms with Crippen molar-refractivity contribution in [3.8, 4) is 0 Å². The summed E-state index contributed by atoms with van der Waals surface area (Å²) in [5.41, 5.74) is 0.913. The Balaban J connectivity index is 2.23. The molecule has 0 amide bonds.